The van der Waals surface area contributed by atoms with Crippen molar-refractivity contribution in [2.24, 2.45) is 0 Å². The zero-order valence-electron chi connectivity index (χ0n) is 11.7. The third-order valence-corrected chi connectivity index (χ3v) is 3.39. The van der Waals surface area contributed by atoms with E-state index in [1.807, 2.05) is 0 Å². The van der Waals surface area contributed by atoms with Gasteiger partial charge in [0, 0.05) is 25.8 Å². The molecule has 1 aromatic carbocycles. The van der Waals surface area contributed by atoms with Crippen LogP contribution in [0, 0.1) is 0 Å². The smallest absolute Gasteiger partial charge is 0.322 e. The van der Waals surface area contributed by atoms with Crippen LogP contribution in [-0.2, 0) is 4.79 Å². The fourth-order valence-electron chi connectivity index (χ4n) is 1.98. The number of piperazine rings is 1. The normalized spacial score (nSPS) is 17.1. The number of carbonyl (C=O) groups is 2. The first kappa shape index (κ1) is 14.3. The van der Waals surface area contributed by atoms with E-state index in [2.05, 4.69) is 5.32 Å². The second-order valence-electron chi connectivity index (χ2n) is 4.96. The summed E-state index contributed by atoms with van der Waals surface area (Å²) in [6, 6.07) is 6.71. The van der Waals surface area contributed by atoms with Gasteiger partial charge >= 0.3 is 6.03 Å². The van der Waals surface area contributed by atoms with Gasteiger partial charge in [-0.25, -0.2) is 4.79 Å². The molecule has 0 radical (unpaired) electrons. The number of nitrogens with zero attached hydrogens (tertiary/aromatic N) is 2. The van der Waals surface area contributed by atoms with Gasteiger partial charge in [-0.1, -0.05) is 12.1 Å². The van der Waals surface area contributed by atoms with Crippen LogP contribution in [0.1, 0.15) is 18.6 Å². The highest BCUT2D eigenvalue weighted by Gasteiger charge is 2.24. The number of hydrogen-bond acceptors (Lipinski definition) is 3. The number of rotatable bonds is 2. The molecule has 0 saturated carbocycles. The van der Waals surface area contributed by atoms with Crippen LogP contribution >= 0.6 is 0 Å². The Morgan fingerprint density at radius 2 is 1.95 bits per heavy atom. The number of aliphatic hydroxyl groups is 1. The molecule has 6 nitrogen and oxygen atoms in total. The van der Waals surface area contributed by atoms with Gasteiger partial charge in [-0.3, -0.25) is 4.79 Å². The Morgan fingerprint density at radius 1 is 1.30 bits per heavy atom. The highest BCUT2D eigenvalue weighted by atomic mass is 16.3. The minimum absolute atomic E-state index is 0.0594. The minimum atomic E-state index is -0.532. The molecule has 0 spiro atoms. The van der Waals surface area contributed by atoms with Gasteiger partial charge < -0.3 is 20.2 Å². The quantitative estimate of drug-likeness (QED) is 0.848. The number of anilines is 1. The summed E-state index contributed by atoms with van der Waals surface area (Å²) in [4.78, 5) is 26.7. The zero-order chi connectivity index (χ0) is 14.7. The summed E-state index contributed by atoms with van der Waals surface area (Å²) < 4.78 is 0. The number of carbonyl (C=O) groups excluding carboxylic acids is 2. The van der Waals surface area contributed by atoms with Crippen molar-refractivity contribution in [1.29, 1.82) is 0 Å². The van der Waals surface area contributed by atoms with Crippen molar-refractivity contribution in [3.05, 3.63) is 29.8 Å². The van der Waals surface area contributed by atoms with Crippen LogP contribution in [0.5, 0.6) is 0 Å². The van der Waals surface area contributed by atoms with Gasteiger partial charge in [0.25, 0.3) is 0 Å². The van der Waals surface area contributed by atoms with E-state index in [4.69, 9.17) is 0 Å². The van der Waals surface area contributed by atoms with E-state index in [-0.39, 0.29) is 18.5 Å². The van der Waals surface area contributed by atoms with Crippen molar-refractivity contribution in [1.82, 2.24) is 9.80 Å². The molecule has 1 unspecified atom stereocenters. The third-order valence-electron chi connectivity index (χ3n) is 3.39. The van der Waals surface area contributed by atoms with E-state index in [1.54, 1.807) is 43.1 Å². The van der Waals surface area contributed by atoms with Crippen molar-refractivity contribution in [2.45, 2.75) is 13.0 Å². The minimum Gasteiger partial charge on any atom is -0.389 e. The molecule has 2 N–H and O–H groups in total. The molecule has 20 heavy (non-hydrogen) atoms. The average molecular weight is 277 g/mol. The number of aliphatic hydroxyl groups excluding tert-OH is 1. The third kappa shape index (κ3) is 3.27. The van der Waals surface area contributed by atoms with E-state index in [0.29, 0.717) is 18.8 Å². The Bertz CT molecular complexity index is 499. The molecule has 1 fully saturated rings. The van der Waals surface area contributed by atoms with E-state index >= 15 is 0 Å². The van der Waals surface area contributed by atoms with Crippen LogP contribution in [0.15, 0.2) is 24.3 Å². The molecule has 1 aliphatic rings. The number of likely N-dealkylation sites (N-methyl/N-ethyl adjacent to an activating group) is 1. The summed E-state index contributed by atoms with van der Waals surface area (Å²) in [6.45, 7) is 2.87. The average Bonchev–Trinajstić information content (AvgIpc) is 2.42. The molecule has 2 rings (SSSR count). The lowest BCUT2D eigenvalue weighted by molar-refractivity contribution is -0.133. The molecule has 1 atom stereocenters. The first-order valence-corrected chi connectivity index (χ1v) is 6.55. The van der Waals surface area contributed by atoms with Crippen molar-refractivity contribution >= 4 is 17.6 Å². The van der Waals surface area contributed by atoms with Crippen LogP contribution in [0.4, 0.5) is 10.5 Å². The van der Waals surface area contributed by atoms with E-state index in [0.717, 1.165) is 5.56 Å². The summed E-state index contributed by atoms with van der Waals surface area (Å²) in [7, 11) is 1.73. The highest BCUT2D eigenvalue weighted by molar-refractivity contribution is 5.93. The fourth-order valence-corrected chi connectivity index (χ4v) is 1.98. The molecular formula is C14H19N3O3. The van der Waals surface area contributed by atoms with Gasteiger partial charge in [-0.05, 0) is 24.6 Å². The molecule has 3 amide bonds. The fraction of sp³-hybridized carbons (Fsp3) is 0.429. The molecule has 1 aromatic rings. The van der Waals surface area contributed by atoms with Crippen molar-refractivity contribution in [3.63, 3.8) is 0 Å². The van der Waals surface area contributed by atoms with Crippen molar-refractivity contribution in [2.75, 3.05) is 32.0 Å². The first-order chi connectivity index (χ1) is 9.47. The molecule has 0 aromatic heterocycles. The van der Waals surface area contributed by atoms with E-state index < -0.39 is 6.10 Å². The first-order valence-electron chi connectivity index (χ1n) is 6.55. The van der Waals surface area contributed by atoms with E-state index in [1.165, 1.54) is 4.90 Å². The zero-order valence-corrected chi connectivity index (χ0v) is 11.7. The summed E-state index contributed by atoms with van der Waals surface area (Å²) in [5.74, 6) is -0.0594. The standard InChI is InChI=1S/C14H19N3O3/c1-10(18)11-3-5-12(6-4-11)15-14(20)17-8-7-16(2)13(19)9-17/h3-6,10,18H,7-9H2,1-2H3,(H,15,20). The summed E-state index contributed by atoms with van der Waals surface area (Å²) >= 11 is 0. The number of urea groups is 1. The summed E-state index contributed by atoms with van der Waals surface area (Å²) in [5.41, 5.74) is 1.43. The maximum atomic E-state index is 12.0. The Balaban J connectivity index is 1.96. The van der Waals surface area contributed by atoms with Gasteiger partial charge in [0.05, 0.1) is 6.10 Å². The van der Waals surface area contributed by atoms with Crippen molar-refractivity contribution in [3.8, 4) is 0 Å². The van der Waals surface area contributed by atoms with Crippen LogP contribution in [0.25, 0.3) is 0 Å². The Morgan fingerprint density at radius 3 is 2.50 bits per heavy atom. The lowest BCUT2D eigenvalue weighted by atomic mass is 10.1. The van der Waals surface area contributed by atoms with Gasteiger partial charge in [-0.15, -0.1) is 0 Å². The van der Waals surface area contributed by atoms with Gasteiger partial charge in [0.2, 0.25) is 5.91 Å². The molecule has 1 saturated heterocycles. The van der Waals surface area contributed by atoms with E-state index in [9.17, 15) is 14.7 Å². The lowest BCUT2D eigenvalue weighted by Crippen LogP contribution is -2.51. The largest absolute Gasteiger partial charge is 0.389 e. The van der Waals surface area contributed by atoms with Crippen molar-refractivity contribution < 1.29 is 14.7 Å². The topological polar surface area (TPSA) is 72.9 Å². The lowest BCUT2D eigenvalue weighted by Gasteiger charge is -2.31. The number of hydrogen-bond donors (Lipinski definition) is 2. The molecule has 0 bridgehead atoms. The van der Waals surface area contributed by atoms with Gasteiger partial charge in [-0.2, -0.15) is 0 Å². The Kier molecular flexibility index (Phi) is 4.24. The maximum Gasteiger partial charge on any atom is 0.322 e. The maximum absolute atomic E-state index is 12.0. The SMILES string of the molecule is CC(O)c1ccc(NC(=O)N2CCN(C)C(=O)C2)cc1. The van der Waals surface area contributed by atoms with Gasteiger partial charge in [0.15, 0.2) is 0 Å². The monoisotopic (exact) mass is 277 g/mol. The molecule has 1 aliphatic heterocycles. The molecular weight excluding hydrogens is 258 g/mol. The summed E-state index contributed by atoms with van der Waals surface area (Å²) in [6.07, 6.45) is -0.532. The Labute approximate surface area is 118 Å². The van der Waals surface area contributed by atoms with Gasteiger partial charge in [0.1, 0.15) is 6.54 Å². The number of nitrogens with one attached hydrogen (secondary N) is 1. The van der Waals surface area contributed by atoms with Crippen LogP contribution < -0.4 is 5.32 Å². The summed E-state index contributed by atoms with van der Waals surface area (Å²) in [5, 5.41) is 12.2. The second-order valence-corrected chi connectivity index (χ2v) is 4.96. The molecule has 6 heteroatoms. The molecule has 108 valence electrons. The molecule has 0 aliphatic carbocycles. The Hall–Kier alpha value is -2.08. The number of benzene rings is 1. The molecule has 1 heterocycles. The predicted octanol–water partition coefficient (Wildman–Crippen LogP) is 1.05. The number of amides is 3. The highest BCUT2D eigenvalue weighted by Crippen LogP contribution is 2.16. The van der Waals surface area contributed by atoms with Crippen LogP contribution in [-0.4, -0.2) is 53.5 Å². The predicted molar refractivity (Wildman–Crippen MR) is 75.3 cm³/mol. The van der Waals surface area contributed by atoms with Crippen LogP contribution in [0.3, 0.4) is 0 Å². The second kappa shape index (κ2) is 5.92. The van der Waals surface area contributed by atoms with Crippen LogP contribution in [0.2, 0.25) is 0 Å².